The van der Waals surface area contributed by atoms with Crippen LogP contribution in [0, 0.1) is 0 Å². The zero-order valence-corrected chi connectivity index (χ0v) is 12.0. The second-order valence-electron chi connectivity index (χ2n) is 4.31. The number of halogens is 2. The van der Waals surface area contributed by atoms with Crippen molar-refractivity contribution in [1.82, 2.24) is 5.32 Å². The Morgan fingerprint density at radius 2 is 2.00 bits per heavy atom. The second-order valence-corrected chi connectivity index (χ2v) is 5.12. The van der Waals surface area contributed by atoms with Gasteiger partial charge in [-0.1, -0.05) is 36.2 Å². The molecule has 0 saturated heterocycles. The normalized spacial score (nSPS) is 26.8. The predicted molar refractivity (Wildman–Crippen MR) is 73.8 cm³/mol. The quantitative estimate of drug-likeness (QED) is 0.903. The standard InChI is InChI=1S/C13H17Cl2NO2/c1-3-16-10-7-11(13(10)17-2)18-12-8(14)5-4-6-9(12)15/h4-6,10-11,13,16H,3,7H2,1-2H3. The Balaban J connectivity index is 2.03. The molecule has 0 spiro atoms. The molecule has 0 bridgehead atoms. The minimum atomic E-state index is -0.00329. The average Bonchev–Trinajstić information content (AvgIpc) is 2.31. The molecule has 3 unspecified atom stereocenters. The summed E-state index contributed by atoms with van der Waals surface area (Å²) in [6, 6.07) is 5.68. The molecule has 1 N–H and O–H groups in total. The fourth-order valence-corrected chi connectivity index (χ4v) is 2.71. The molecule has 0 radical (unpaired) electrons. The predicted octanol–water partition coefficient (Wildman–Crippen LogP) is 3.14. The maximum atomic E-state index is 6.08. The van der Waals surface area contributed by atoms with Gasteiger partial charge in [0.1, 0.15) is 12.2 Å². The lowest BCUT2D eigenvalue weighted by molar-refractivity contribution is -0.0883. The van der Waals surface area contributed by atoms with Gasteiger partial charge in [0.05, 0.1) is 10.0 Å². The van der Waals surface area contributed by atoms with Gasteiger partial charge < -0.3 is 14.8 Å². The summed E-state index contributed by atoms with van der Waals surface area (Å²) in [7, 11) is 1.69. The zero-order valence-electron chi connectivity index (χ0n) is 10.5. The molecule has 100 valence electrons. The molecule has 2 rings (SSSR count). The van der Waals surface area contributed by atoms with Crippen molar-refractivity contribution in [1.29, 1.82) is 0 Å². The van der Waals surface area contributed by atoms with Gasteiger partial charge in [-0.3, -0.25) is 0 Å². The highest BCUT2D eigenvalue weighted by Gasteiger charge is 2.43. The van der Waals surface area contributed by atoms with Gasteiger partial charge in [0, 0.05) is 19.6 Å². The number of benzene rings is 1. The molecule has 1 aliphatic rings. The van der Waals surface area contributed by atoms with Crippen molar-refractivity contribution in [2.75, 3.05) is 13.7 Å². The number of hydrogen-bond donors (Lipinski definition) is 1. The molecule has 1 fully saturated rings. The van der Waals surface area contributed by atoms with Gasteiger partial charge in [-0.25, -0.2) is 0 Å². The summed E-state index contributed by atoms with van der Waals surface area (Å²) < 4.78 is 11.3. The van der Waals surface area contributed by atoms with Crippen molar-refractivity contribution in [2.24, 2.45) is 0 Å². The number of methoxy groups -OCH3 is 1. The summed E-state index contributed by atoms with van der Waals surface area (Å²) >= 11 is 12.2. The largest absolute Gasteiger partial charge is 0.484 e. The fourth-order valence-electron chi connectivity index (χ4n) is 2.22. The van der Waals surface area contributed by atoms with Crippen LogP contribution in [0.2, 0.25) is 10.0 Å². The third kappa shape index (κ3) is 2.75. The lowest BCUT2D eigenvalue weighted by Gasteiger charge is -2.43. The van der Waals surface area contributed by atoms with E-state index in [1.807, 2.05) is 0 Å². The van der Waals surface area contributed by atoms with Crippen molar-refractivity contribution < 1.29 is 9.47 Å². The van der Waals surface area contributed by atoms with Gasteiger partial charge in [0.25, 0.3) is 0 Å². The first-order valence-corrected chi connectivity index (χ1v) is 6.79. The Bertz CT molecular complexity index is 394. The number of nitrogens with one attached hydrogen (secondary N) is 1. The first kappa shape index (κ1) is 13.9. The van der Waals surface area contributed by atoms with E-state index >= 15 is 0 Å². The minimum Gasteiger partial charge on any atom is -0.484 e. The van der Waals surface area contributed by atoms with Crippen LogP contribution in [0.25, 0.3) is 0 Å². The molecule has 1 aromatic carbocycles. The molecule has 5 heteroatoms. The average molecular weight is 290 g/mol. The molecule has 0 aliphatic heterocycles. The molecule has 1 aromatic rings. The van der Waals surface area contributed by atoms with E-state index in [-0.39, 0.29) is 12.2 Å². The van der Waals surface area contributed by atoms with E-state index in [2.05, 4.69) is 12.2 Å². The van der Waals surface area contributed by atoms with Gasteiger partial charge in [-0.2, -0.15) is 0 Å². The maximum absolute atomic E-state index is 6.08. The number of ether oxygens (including phenoxy) is 2. The number of likely N-dealkylation sites (N-methyl/N-ethyl adjacent to an activating group) is 1. The zero-order chi connectivity index (χ0) is 13.1. The maximum Gasteiger partial charge on any atom is 0.157 e. The van der Waals surface area contributed by atoms with Crippen molar-refractivity contribution in [3.63, 3.8) is 0 Å². The van der Waals surface area contributed by atoms with E-state index in [1.165, 1.54) is 0 Å². The van der Waals surface area contributed by atoms with Crippen LogP contribution in [0.4, 0.5) is 0 Å². The Kier molecular flexibility index (Phi) is 4.73. The summed E-state index contributed by atoms with van der Waals surface area (Å²) in [4.78, 5) is 0. The van der Waals surface area contributed by atoms with E-state index in [1.54, 1.807) is 25.3 Å². The van der Waals surface area contributed by atoms with Crippen molar-refractivity contribution in [3.05, 3.63) is 28.2 Å². The van der Waals surface area contributed by atoms with Gasteiger partial charge in [-0.05, 0) is 18.7 Å². The molecule has 18 heavy (non-hydrogen) atoms. The van der Waals surface area contributed by atoms with E-state index in [9.17, 15) is 0 Å². The number of para-hydroxylation sites is 1. The first-order chi connectivity index (χ1) is 8.67. The Hall–Kier alpha value is -0.480. The lowest BCUT2D eigenvalue weighted by atomic mass is 9.85. The summed E-state index contributed by atoms with van der Waals surface area (Å²) in [5, 5.41) is 4.42. The number of hydrogen-bond acceptors (Lipinski definition) is 3. The SMILES string of the molecule is CCNC1CC(Oc2c(Cl)cccc2Cl)C1OC. The minimum absolute atomic E-state index is 0.00329. The Labute approximate surface area is 117 Å². The van der Waals surface area contributed by atoms with E-state index in [0.29, 0.717) is 21.8 Å². The van der Waals surface area contributed by atoms with Crippen LogP contribution in [-0.4, -0.2) is 31.9 Å². The highest BCUT2D eigenvalue weighted by Crippen LogP contribution is 2.37. The lowest BCUT2D eigenvalue weighted by Crippen LogP contribution is -2.60. The van der Waals surface area contributed by atoms with Crippen LogP contribution >= 0.6 is 23.2 Å². The third-order valence-corrected chi connectivity index (χ3v) is 3.77. The van der Waals surface area contributed by atoms with Crippen molar-refractivity contribution >= 4 is 23.2 Å². The van der Waals surface area contributed by atoms with Crippen LogP contribution in [0.15, 0.2) is 18.2 Å². The summed E-state index contributed by atoms with van der Waals surface area (Å²) in [6.07, 6.45) is 0.933. The summed E-state index contributed by atoms with van der Waals surface area (Å²) in [5.74, 6) is 0.544. The summed E-state index contributed by atoms with van der Waals surface area (Å²) in [5.41, 5.74) is 0. The van der Waals surface area contributed by atoms with Crippen molar-refractivity contribution in [2.45, 2.75) is 31.6 Å². The first-order valence-electron chi connectivity index (χ1n) is 6.04. The molecule has 1 aliphatic carbocycles. The molecule has 0 amide bonds. The van der Waals surface area contributed by atoms with Crippen molar-refractivity contribution in [3.8, 4) is 5.75 Å². The molecule has 0 aromatic heterocycles. The topological polar surface area (TPSA) is 30.5 Å². The smallest absolute Gasteiger partial charge is 0.157 e. The molecule has 0 heterocycles. The van der Waals surface area contributed by atoms with E-state index < -0.39 is 0 Å². The Morgan fingerprint density at radius 1 is 1.33 bits per heavy atom. The second kappa shape index (κ2) is 6.11. The number of rotatable bonds is 5. The van der Waals surface area contributed by atoms with Crippen LogP contribution in [0.3, 0.4) is 0 Å². The molecular formula is C13H17Cl2NO2. The summed E-state index contributed by atoms with van der Waals surface area (Å²) in [6.45, 7) is 3.00. The van der Waals surface area contributed by atoms with Gasteiger partial charge in [0.2, 0.25) is 0 Å². The van der Waals surface area contributed by atoms with E-state index in [4.69, 9.17) is 32.7 Å². The molecular weight excluding hydrogens is 273 g/mol. The van der Waals surface area contributed by atoms with Crippen LogP contribution in [0.1, 0.15) is 13.3 Å². The van der Waals surface area contributed by atoms with Crippen LogP contribution in [-0.2, 0) is 4.74 Å². The Morgan fingerprint density at radius 3 is 2.56 bits per heavy atom. The molecule has 3 atom stereocenters. The van der Waals surface area contributed by atoms with E-state index in [0.717, 1.165) is 13.0 Å². The van der Waals surface area contributed by atoms with Crippen LogP contribution in [0.5, 0.6) is 5.75 Å². The van der Waals surface area contributed by atoms with Gasteiger partial charge in [-0.15, -0.1) is 0 Å². The monoisotopic (exact) mass is 289 g/mol. The highest BCUT2D eigenvalue weighted by molar-refractivity contribution is 6.37. The fraction of sp³-hybridized carbons (Fsp3) is 0.538. The highest BCUT2D eigenvalue weighted by atomic mass is 35.5. The van der Waals surface area contributed by atoms with Crippen LogP contribution < -0.4 is 10.1 Å². The molecule has 1 saturated carbocycles. The molecule has 3 nitrogen and oxygen atoms in total. The van der Waals surface area contributed by atoms with Gasteiger partial charge >= 0.3 is 0 Å². The third-order valence-electron chi connectivity index (χ3n) is 3.18. The van der Waals surface area contributed by atoms with Gasteiger partial charge in [0.15, 0.2) is 5.75 Å².